The number of ether oxygens (including phenoxy) is 1. The lowest BCUT2D eigenvalue weighted by Crippen LogP contribution is -2.45. The molecule has 0 aromatic carbocycles. The summed E-state index contributed by atoms with van der Waals surface area (Å²) >= 11 is 0. The first-order chi connectivity index (χ1) is 8.27. The molecule has 1 saturated carbocycles. The molecule has 2 heteroatoms. The van der Waals surface area contributed by atoms with Gasteiger partial charge in [-0.25, -0.2) is 0 Å². The molecule has 0 aromatic rings. The molecule has 2 nitrogen and oxygen atoms in total. The van der Waals surface area contributed by atoms with E-state index >= 15 is 0 Å². The van der Waals surface area contributed by atoms with Gasteiger partial charge in [-0.1, -0.05) is 5.57 Å². The van der Waals surface area contributed by atoms with Crippen molar-refractivity contribution in [3.8, 4) is 0 Å². The highest BCUT2D eigenvalue weighted by molar-refractivity contribution is 5.90. The minimum atomic E-state index is 0.207. The highest BCUT2D eigenvalue weighted by Gasteiger charge is 2.43. The lowest BCUT2D eigenvalue weighted by molar-refractivity contribution is -0.139. The third-order valence-corrected chi connectivity index (χ3v) is 4.77. The van der Waals surface area contributed by atoms with Crippen LogP contribution in [0.15, 0.2) is 11.6 Å². The molecule has 0 N–H and O–H groups in total. The van der Waals surface area contributed by atoms with Crippen molar-refractivity contribution in [1.29, 1.82) is 0 Å². The van der Waals surface area contributed by atoms with Gasteiger partial charge in [0.1, 0.15) is 0 Å². The van der Waals surface area contributed by atoms with Crippen molar-refractivity contribution >= 4 is 5.78 Å². The number of rotatable bonds is 1. The molecule has 1 aliphatic heterocycles. The van der Waals surface area contributed by atoms with Crippen LogP contribution in [0.25, 0.3) is 0 Å². The fourth-order valence-electron chi connectivity index (χ4n) is 3.57. The normalized spacial score (nSPS) is 32.8. The van der Waals surface area contributed by atoms with Gasteiger partial charge in [0.25, 0.3) is 0 Å². The lowest BCUT2D eigenvalue weighted by atomic mass is 9.70. The van der Waals surface area contributed by atoms with Crippen LogP contribution in [0.5, 0.6) is 0 Å². The van der Waals surface area contributed by atoms with Crippen LogP contribution in [0.2, 0.25) is 0 Å². The van der Waals surface area contributed by atoms with E-state index in [9.17, 15) is 4.79 Å². The van der Waals surface area contributed by atoms with Crippen molar-refractivity contribution < 1.29 is 9.53 Å². The molecule has 0 amide bonds. The van der Waals surface area contributed by atoms with Crippen molar-refractivity contribution in [2.24, 2.45) is 5.92 Å². The van der Waals surface area contributed by atoms with E-state index in [2.05, 4.69) is 0 Å². The first-order valence-electron chi connectivity index (χ1n) is 7.15. The Morgan fingerprint density at radius 2 is 2.00 bits per heavy atom. The zero-order valence-corrected chi connectivity index (χ0v) is 10.5. The predicted octanol–water partition coefficient (Wildman–Crippen LogP) is 3.41. The summed E-state index contributed by atoms with van der Waals surface area (Å²) < 4.78 is 5.97. The van der Waals surface area contributed by atoms with E-state index in [4.69, 9.17) is 4.74 Å². The van der Waals surface area contributed by atoms with Crippen molar-refractivity contribution in [3.05, 3.63) is 11.6 Å². The number of carbonyl (C=O) groups excluding carboxylic acids is 1. The van der Waals surface area contributed by atoms with E-state index < -0.39 is 0 Å². The molecule has 1 heterocycles. The fraction of sp³-hybridized carbons (Fsp3) is 0.800. The molecule has 3 rings (SSSR count). The van der Waals surface area contributed by atoms with E-state index in [-0.39, 0.29) is 5.60 Å². The van der Waals surface area contributed by atoms with E-state index in [1.54, 1.807) is 0 Å². The molecule has 0 bridgehead atoms. The number of hydrogen-bond donors (Lipinski definition) is 0. The quantitative estimate of drug-likeness (QED) is 0.695. The minimum absolute atomic E-state index is 0.207. The molecule has 2 fully saturated rings. The molecule has 2 aliphatic carbocycles. The number of carbonyl (C=O) groups is 1. The predicted molar refractivity (Wildman–Crippen MR) is 66.8 cm³/mol. The SMILES string of the molecule is O=C1C=C(C2CCOC3(CCC3)C2)CCCC1. The molecule has 1 saturated heterocycles. The molecule has 1 atom stereocenters. The summed E-state index contributed by atoms with van der Waals surface area (Å²) in [4.78, 5) is 11.7. The molecule has 3 aliphatic rings. The monoisotopic (exact) mass is 234 g/mol. The lowest BCUT2D eigenvalue weighted by Gasteiger charge is -2.47. The Morgan fingerprint density at radius 1 is 1.18 bits per heavy atom. The van der Waals surface area contributed by atoms with E-state index in [1.807, 2.05) is 6.08 Å². The van der Waals surface area contributed by atoms with Gasteiger partial charge >= 0.3 is 0 Å². The summed E-state index contributed by atoms with van der Waals surface area (Å²) in [5.74, 6) is 0.984. The zero-order chi connectivity index (χ0) is 11.7. The topological polar surface area (TPSA) is 26.3 Å². The molecular formula is C15H22O2. The standard InChI is InChI=1S/C15H22O2/c16-14-5-2-1-4-12(10-14)13-6-9-17-15(11-13)7-3-8-15/h10,13H,1-9,11H2. The maximum atomic E-state index is 11.7. The van der Waals surface area contributed by atoms with Gasteiger partial charge in [0.15, 0.2) is 5.78 Å². The van der Waals surface area contributed by atoms with Gasteiger partial charge in [0.2, 0.25) is 0 Å². The van der Waals surface area contributed by atoms with E-state index in [0.717, 1.165) is 32.3 Å². The fourth-order valence-corrected chi connectivity index (χ4v) is 3.57. The summed E-state index contributed by atoms with van der Waals surface area (Å²) in [5, 5.41) is 0. The van der Waals surface area contributed by atoms with Crippen molar-refractivity contribution in [3.63, 3.8) is 0 Å². The van der Waals surface area contributed by atoms with Crippen LogP contribution in [0.3, 0.4) is 0 Å². The first-order valence-corrected chi connectivity index (χ1v) is 7.15. The maximum absolute atomic E-state index is 11.7. The van der Waals surface area contributed by atoms with E-state index in [0.29, 0.717) is 11.7 Å². The van der Waals surface area contributed by atoms with E-state index in [1.165, 1.54) is 37.7 Å². The van der Waals surface area contributed by atoms with Crippen LogP contribution in [0.4, 0.5) is 0 Å². The van der Waals surface area contributed by atoms with Crippen LogP contribution >= 0.6 is 0 Å². The smallest absolute Gasteiger partial charge is 0.155 e. The molecule has 0 radical (unpaired) electrons. The first kappa shape index (κ1) is 11.5. The Hall–Kier alpha value is -0.630. The summed E-state index contributed by atoms with van der Waals surface area (Å²) in [6.07, 6.45) is 12.3. The highest BCUT2D eigenvalue weighted by atomic mass is 16.5. The number of allylic oxidation sites excluding steroid dienone is 2. The average molecular weight is 234 g/mol. The van der Waals surface area contributed by atoms with Crippen LogP contribution < -0.4 is 0 Å². The Labute approximate surface area is 103 Å². The third-order valence-electron chi connectivity index (χ3n) is 4.77. The summed E-state index contributed by atoms with van der Waals surface area (Å²) in [6.45, 7) is 0.899. The maximum Gasteiger partial charge on any atom is 0.155 e. The van der Waals surface area contributed by atoms with Crippen LogP contribution in [-0.4, -0.2) is 18.0 Å². The Kier molecular flexibility index (Phi) is 3.08. The van der Waals surface area contributed by atoms with Gasteiger partial charge in [0.05, 0.1) is 5.60 Å². The second-order valence-electron chi connectivity index (χ2n) is 5.97. The number of hydrogen-bond acceptors (Lipinski definition) is 2. The van der Waals surface area contributed by atoms with Crippen LogP contribution in [-0.2, 0) is 9.53 Å². The van der Waals surface area contributed by atoms with Crippen molar-refractivity contribution in [2.45, 2.75) is 63.4 Å². The van der Waals surface area contributed by atoms with Crippen LogP contribution in [0.1, 0.15) is 57.8 Å². The van der Waals surface area contributed by atoms with Crippen molar-refractivity contribution in [1.82, 2.24) is 0 Å². The molecular weight excluding hydrogens is 212 g/mol. The second kappa shape index (κ2) is 4.56. The molecule has 17 heavy (non-hydrogen) atoms. The highest BCUT2D eigenvalue weighted by Crippen LogP contribution is 2.46. The van der Waals surface area contributed by atoms with Gasteiger partial charge in [-0.15, -0.1) is 0 Å². The Morgan fingerprint density at radius 3 is 2.76 bits per heavy atom. The Balaban J connectivity index is 1.72. The van der Waals surface area contributed by atoms with Gasteiger partial charge in [0, 0.05) is 13.0 Å². The zero-order valence-electron chi connectivity index (χ0n) is 10.5. The molecule has 1 spiro atoms. The van der Waals surface area contributed by atoms with Gasteiger partial charge < -0.3 is 4.74 Å². The van der Waals surface area contributed by atoms with Crippen molar-refractivity contribution in [2.75, 3.05) is 6.61 Å². The molecule has 94 valence electrons. The van der Waals surface area contributed by atoms with Gasteiger partial charge in [-0.05, 0) is 63.4 Å². The summed E-state index contributed by atoms with van der Waals surface area (Å²) in [7, 11) is 0. The Bertz CT molecular complexity index is 339. The van der Waals surface area contributed by atoms with Crippen LogP contribution in [0, 0.1) is 5.92 Å². The number of ketones is 1. The van der Waals surface area contributed by atoms with Gasteiger partial charge in [-0.2, -0.15) is 0 Å². The molecule has 1 unspecified atom stereocenters. The third kappa shape index (κ3) is 2.33. The molecule has 0 aromatic heterocycles. The largest absolute Gasteiger partial charge is 0.375 e. The average Bonchev–Trinajstić information content (AvgIpc) is 2.52. The minimum Gasteiger partial charge on any atom is -0.375 e. The summed E-state index contributed by atoms with van der Waals surface area (Å²) in [5.41, 5.74) is 1.64. The second-order valence-corrected chi connectivity index (χ2v) is 5.97. The summed E-state index contributed by atoms with van der Waals surface area (Å²) in [6, 6.07) is 0. The van der Waals surface area contributed by atoms with Gasteiger partial charge in [-0.3, -0.25) is 4.79 Å².